The van der Waals surface area contributed by atoms with E-state index in [4.69, 9.17) is 16.3 Å². The van der Waals surface area contributed by atoms with Crippen LogP contribution in [0.15, 0.2) is 23.1 Å². The van der Waals surface area contributed by atoms with Crippen LogP contribution in [0.2, 0.25) is 5.02 Å². The van der Waals surface area contributed by atoms with E-state index in [1.54, 1.807) is 16.4 Å². The van der Waals surface area contributed by atoms with E-state index in [0.29, 0.717) is 23.9 Å². The Balaban J connectivity index is 2.44. The average Bonchev–Trinajstić information content (AvgIpc) is 2.41. The highest BCUT2D eigenvalue weighted by molar-refractivity contribution is 7.89. The van der Waals surface area contributed by atoms with Crippen LogP contribution in [-0.4, -0.2) is 31.9 Å². The molecule has 20 heavy (non-hydrogen) atoms. The highest BCUT2D eigenvalue weighted by Crippen LogP contribution is 2.32. The Morgan fingerprint density at radius 3 is 2.80 bits per heavy atom. The van der Waals surface area contributed by atoms with E-state index in [2.05, 4.69) is 0 Å². The summed E-state index contributed by atoms with van der Waals surface area (Å²) in [5.74, 6) is 0.370. The molecule has 1 aliphatic rings. The minimum absolute atomic E-state index is 0.0159. The summed E-state index contributed by atoms with van der Waals surface area (Å²) < 4.78 is 32.7. The molecule has 0 saturated carbocycles. The molecular weight excluding hydrogens is 298 g/mol. The van der Waals surface area contributed by atoms with Crippen LogP contribution in [0.25, 0.3) is 0 Å². The first-order chi connectivity index (χ1) is 9.46. The summed E-state index contributed by atoms with van der Waals surface area (Å²) in [7, 11) is -3.56. The number of rotatable bonds is 4. The molecule has 0 N–H and O–H groups in total. The van der Waals surface area contributed by atoms with Gasteiger partial charge in [0.1, 0.15) is 10.6 Å². The topological polar surface area (TPSA) is 46.6 Å². The largest absolute Gasteiger partial charge is 0.492 e. The molecule has 0 spiro atoms. The van der Waals surface area contributed by atoms with Crippen molar-refractivity contribution >= 4 is 21.6 Å². The van der Waals surface area contributed by atoms with E-state index < -0.39 is 10.0 Å². The van der Waals surface area contributed by atoms with Crippen molar-refractivity contribution in [1.82, 2.24) is 4.31 Å². The van der Waals surface area contributed by atoms with Crippen LogP contribution in [0.5, 0.6) is 5.75 Å². The second-order valence-electron chi connectivity index (χ2n) is 4.98. The van der Waals surface area contributed by atoms with Crippen molar-refractivity contribution in [2.75, 3.05) is 13.2 Å². The van der Waals surface area contributed by atoms with Gasteiger partial charge in [-0.05, 0) is 44.9 Å². The summed E-state index contributed by atoms with van der Waals surface area (Å²) in [6.45, 7) is 4.75. The second-order valence-corrected chi connectivity index (χ2v) is 7.28. The van der Waals surface area contributed by atoms with Crippen molar-refractivity contribution in [2.24, 2.45) is 0 Å². The summed E-state index contributed by atoms with van der Waals surface area (Å²) in [6.07, 6.45) is 2.86. The van der Waals surface area contributed by atoms with Crippen LogP contribution in [0, 0.1) is 0 Å². The third-order valence-electron chi connectivity index (χ3n) is 3.53. The van der Waals surface area contributed by atoms with Crippen molar-refractivity contribution in [3.8, 4) is 5.75 Å². The average molecular weight is 318 g/mol. The Bertz CT molecular complexity index is 574. The molecule has 0 aliphatic carbocycles. The molecule has 1 fully saturated rings. The lowest BCUT2D eigenvalue weighted by atomic mass is 10.1. The number of halogens is 1. The van der Waals surface area contributed by atoms with Crippen LogP contribution in [0.4, 0.5) is 0 Å². The van der Waals surface area contributed by atoms with Gasteiger partial charge in [0.2, 0.25) is 10.0 Å². The molecule has 4 nitrogen and oxygen atoms in total. The third-order valence-corrected chi connectivity index (χ3v) is 5.80. The van der Waals surface area contributed by atoms with Gasteiger partial charge in [0.25, 0.3) is 0 Å². The number of ether oxygens (including phenoxy) is 1. The normalized spacial score (nSPS) is 20.9. The fourth-order valence-corrected chi connectivity index (χ4v) is 4.61. The zero-order valence-electron chi connectivity index (χ0n) is 11.8. The summed E-state index contributed by atoms with van der Waals surface area (Å²) in [4.78, 5) is 0.167. The quantitative estimate of drug-likeness (QED) is 0.856. The molecule has 0 amide bonds. The first-order valence-corrected chi connectivity index (χ1v) is 8.73. The Hall–Kier alpha value is -0.780. The zero-order chi connectivity index (χ0) is 14.8. The summed E-state index contributed by atoms with van der Waals surface area (Å²) >= 11 is 5.96. The molecule has 0 unspecified atom stereocenters. The fourth-order valence-electron chi connectivity index (χ4n) is 2.51. The number of piperidine rings is 1. The van der Waals surface area contributed by atoms with Gasteiger partial charge in [-0.1, -0.05) is 18.0 Å². The fraction of sp³-hybridized carbons (Fsp3) is 0.571. The van der Waals surface area contributed by atoms with Gasteiger partial charge in [0.05, 0.1) is 6.61 Å². The van der Waals surface area contributed by atoms with Crippen LogP contribution in [0.1, 0.15) is 33.1 Å². The van der Waals surface area contributed by atoms with Crippen molar-refractivity contribution in [3.63, 3.8) is 0 Å². The Morgan fingerprint density at radius 1 is 1.40 bits per heavy atom. The lowest BCUT2D eigenvalue weighted by Crippen LogP contribution is -2.42. The smallest absolute Gasteiger partial charge is 0.247 e. The van der Waals surface area contributed by atoms with Crippen LogP contribution >= 0.6 is 11.6 Å². The maximum atomic E-state index is 12.8. The lowest BCUT2D eigenvalue weighted by Gasteiger charge is -2.32. The van der Waals surface area contributed by atoms with E-state index in [-0.39, 0.29) is 10.9 Å². The molecule has 112 valence electrons. The molecule has 1 aliphatic heterocycles. The minimum atomic E-state index is -3.56. The number of sulfonamides is 1. The van der Waals surface area contributed by atoms with E-state index >= 15 is 0 Å². The molecule has 0 radical (unpaired) electrons. The minimum Gasteiger partial charge on any atom is -0.492 e. The molecule has 0 bridgehead atoms. The molecule has 0 aromatic heterocycles. The second kappa shape index (κ2) is 6.33. The van der Waals surface area contributed by atoms with Gasteiger partial charge >= 0.3 is 0 Å². The Morgan fingerprint density at radius 2 is 2.15 bits per heavy atom. The highest BCUT2D eigenvalue weighted by Gasteiger charge is 2.33. The molecular formula is C14H20ClNO3S. The number of hydrogen-bond donors (Lipinski definition) is 0. The lowest BCUT2D eigenvalue weighted by molar-refractivity contribution is 0.266. The Labute approximate surface area is 125 Å². The summed E-state index contributed by atoms with van der Waals surface area (Å²) in [6, 6.07) is 4.75. The van der Waals surface area contributed by atoms with E-state index in [9.17, 15) is 8.42 Å². The SMILES string of the molecule is CCOc1ccc(Cl)cc1S(=O)(=O)N1CCCC[C@H]1C. The van der Waals surface area contributed by atoms with Crippen molar-refractivity contribution in [2.45, 2.75) is 44.0 Å². The van der Waals surface area contributed by atoms with Gasteiger partial charge in [0, 0.05) is 17.6 Å². The van der Waals surface area contributed by atoms with Crippen LogP contribution in [0.3, 0.4) is 0 Å². The number of hydrogen-bond acceptors (Lipinski definition) is 3. The molecule has 1 aromatic carbocycles. The molecule has 6 heteroatoms. The van der Waals surface area contributed by atoms with Gasteiger partial charge in [-0.25, -0.2) is 8.42 Å². The molecule has 2 rings (SSSR count). The maximum Gasteiger partial charge on any atom is 0.247 e. The van der Waals surface area contributed by atoms with E-state index in [1.165, 1.54) is 6.07 Å². The van der Waals surface area contributed by atoms with E-state index in [1.807, 2.05) is 13.8 Å². The maximum absolute atomic E-state index is 12.8. The summed E-state index contributed by atoms with van der Waals surface area (Å²) in [5.41, 5.74) is 0. The van der Waals surface area contributed by atoms with Gasteiger partial charge in [-0.2, -0.15) is 4.31 Å². The van der Waals surface area contributed by atoms with Gasteiger partial charge in [-0.3, -0.25) is 0 Å². The van der Waals surface area contributed by atoms with Crippen molar-refractivity contribution in [1.29, 1.82) is 0 Å². The molecule has 1 aromatic rings. The van der Waals surface area contributed by atoms with Crippen LogP contribution < -0.4 is 4.74 Å². The van der Waals surface area contributed by atoms with Crippen molar-refractivity contribution in [3.05, 3.63) is 23.2 Å². The third kappa shape index (κ3) is 3.10. The predicted octanol–water partition coefficient (Wildman–Crippen LogP) is 3.30. The number of benzene rings is 1. The number of nitrogens with zero attached hydrogens (tertiary/aromatic N) is 1. The molecule has 1 saturated heterocycles. The molecule has 1 atom stereocenters. The Kier molecular flexibility index (Phi) is 4.94. The van der Waals surface area contributed by atoms with Gasteiger partial charge < -0.3 is 4.74 Å². The first kappa shape index (κ1) is 15.6. The van der Waals surface area contributed by atoms with Gasteiger partial charge in [0.15, 0.2) is 0 Å². The standard InChI is InChI=1S/C14H20ClNO3S/c1-3-19-13-8-7-12(15)10-14(13)20(17,18)16-9-5-4-6-11(16)2/h7-8,10-11H,3-6,9H2,1-2H3/t11-/m1/s1. The highest BCUT2D eigenvalue weighted by atomic mass is 35.5. The zero-order valence-corrected chi connectivity index (χ0v) is 13.4. The van der Waals surface area contributed by atoms with Gasteiger partial charge in [-0.15, -0.1) is 0 Å². The summed E-state index contributed by atoms with van der Waals surface area (Å²) in [5, 5.41) is 0.400. The van der Waals surface area contributed by atoms with Crippen LogP contribution in [-0.2, 0) is 10.0 Å². The van der Waals surface area contributed by atoms with Crippen molar-refractivity contribution < 1.29 is 13.2 Å². The molecule has 1 heterocycles. The first-order valence-electron chi connectivity index (χ1n) is 6.91. The predicted molar refractivity (Wildman–Crippen MR) is 79.8 cm³/mol. The van der Waals surface area contributed by atoms with E-state index in [0.717, 1.165) is 19.3 Å². The monoisotopic (exact) mass is 317 g/mol.